The Balaban J connectivity index is 1.40. The van der Waals surface area contributed by atoms with Gasteiger partial charge in [0.2, 0.25) is 5.95 Å². The van der Waals surface area contributed by atoms with Gasteiger partial charge in [0.05, 0.1) is 31.0 Å². The highest BCUT2D eigenvalue weighted by Crippen LogP contribution is 2.35. The first kappa shape index (κ1) is 22.0. The van der Waals surface area contributed by atoms with Crippen molar-refractivity contribution in [2.45, 2.75) is 6.92 Å². The van der Waals surface area contributed by atoms with Crippen molar-refractivity contribution < 1.29 is 14.0 Å². The Morgan fingerprint density at radius 1 is 1.24 bits per heavy atom. The first-order valence-corrected chi connectivity index (χ1v) is 12.4. The van der Waals surface area contributed by atoms with E-state index in [1.165, 1.54) is 23.5 Å². The van der Waals surface area contributed by atoms with Crippen LogP contribution in [0.2, 0.25) is 0 Å². The van der Waals surface area contributed by atoms with Crippen LogP contribution in [-0.4, -0.2) is 70.3 Å². The summed E-state index contributed by atoms with van der Waals surface area (Å²) >= 11 is 0.375. The number of hydrogen-bond donors (Lipinski definition) is 2. The minimum Gasteiger partial charge on any atom is -0.578 e. The van der Waals surface area contributed by atoms with E-state index in [1.807, 2.05) is 31.5 Å². The van der Waals surface area contributed by atoms with Crippen molar-refractivity contribution in [2.24, 2.45) is 0 Å². The van der Waals surface area contributed by atoms with Gasteiger partial charge in [-0.2, -0.15) is 0 Å². The van der Waals surface area contributed by atoms with Crippen molar-refractivity contribution in [3.05, 3.63) is 47.9 Å². The fourth-order valence-corrected chi connectivity index (χ4v) is 5.75. The molecule has 1 fully saturated rings. The average Bonchev–Trinajstić information content (AvgIpc) is 3.51. The van der Waals surface area contributed by atoms with Crippen LogP contribution in [-0.2, 0) is 11.5 Å². The third kappa shape index (κ3) is 4.27. The lowest BCUT2D eigenvalue weighted by atomic mass is 10.1. The van der Waals surface area contributed by atoms with Crippen molar-refractivity contribution in [1.82, 2.24) is 28.0 Å². The van der Waals surface area contributed by atoms with Crippen LogP contribution in [0.3, 0.4) is 0 Å². The van der Waals surface area contributed by atoms with Gasteiger partial charge in [0.15, 0.2) is 16.5 Å². The smallest absolute Gasteiger partial charge is 0.223 e. The monoisotopic (exact) mass is 487 g/mol. The number of fused-ring (bicyclic) bond motifs is 1. The van der Waals surface area contributed by atoms with Gasteiger partial charge >= 0.3 is 0 Å². The maximum absolute atomic E-state index is 13.6. The van der Waals surface area contributed by atoms with Crippen LogP contribution in [0.15, 0.2) is 42.0 Å². The molecule has 3 aromatic heterocycles. The number of nitrogens with zero attached hydrogens (tertiary/aromatic N) is 6. The Morgan fingerprint density at radius 2 is 2.09 bits per heavy atom. The molecular formula is C21H22FN7O2S2. The third-order valence-electron chi connectivity index (χ3n) is 5.42. The molecular weight excluding hydrogens is 465 g/mol. The molecule has 1 aliphatic rings. The quantitative estimate of drug-likeness (QED) is 0.384. The second-order valence-electron chi connectivity index (χ2n) is 7.40. The van der Waals surface area contributed by atoms with Crippen LogP contribution in [0.4, 0.5) is 10.3 Å². The predicted octanol–water partition coefficient (Wildman–Crippen LogP) is 2.99. The van der Waals surface area contributed by atoms with E-state index in [0.717, 1.165) is 30.3 Å². The van der Waals surface area contributed by atoms with Gasteiger partial charge in [-0.15, -0.1) is 19.9 Å². The number of phenols is 1. The molecule has 0 amide bonds. The topological polar surface area (TPSA) is 105 Å². The zero-order chi connectivity index (χ0) is 22.9. The number of aromatic nitrogens is 4. The SMILES string of the molecule is CCN1CCN(CCNc2nccc(-c3c(-c4ccc(F)c(O)c4)nc4sccn34)n2)[S+]1[O-]. The fourth-order valence-electron chi connectivity index (χ4n) is 3.76. The first-order chi connectivity index (χ1) is 16.0. The minimum atomic E-state index is -1.10. The molecule has 1 aliphatic heterocycles. The number of hydrogen-bond acceptors (Lipinski definition) is 9. The Hall–Kier alpha value is -2.77. The number of aromatic hydroxyl groups is 1. The minimum absolute atomic E-state index is 0.430. The van der Waals surface area contributed by atoms with Crippen molar-refractivity contribution in [3.63, 3.8) is 0 Å². The van der Waals surface area contributed by atoms with Crippen LogP contribution in [0.25, 0.3) is 27.6 Å². The van der Waals surface area contributed by atoms with Crippen LogP contribution >= 0.6 is 11.3 Å². The van der Waals surface area contributed by atoms with Gasteiger partial charge in [-0.3, -0.25) is 4.40 Å². The van der Waals surface area contributed by atoms with E-state index in [1.54, 1.807) is 18.3 Å². The second kappa shape index (κ2) is 9.23. The number of rotatable bonds is 7. The Labute approximate surface area is 197 Å². The van der Waals surface area contributed by atoms with Crippen LogP contribution in [0.1, 0.15) is 6.92 Å². The standard InChI is InChI=1S/C21H22FN7O2S2/c1-2-27-9-10-28(33(27)31)8-7-24-20-23-6-5-16(25-20)19-18(26-21-29(19)11-12-32-21)14-3-4-15(22)17(30)13-14/h3-6,11-13,30H,2,7-10H2,1H3,(H,23,24,25). The summed E-state index contributed by atoms with van der Waals surface area (Å²) < 4.78 is 31.7. The molecule has 1 aromatic carbocycles. The first-order valence-electron chi connectivity index (χ1n) is 10.5. The molecule has 0 radical (unpaired) electrons. The molecule has 9 nitrogen and oxygen atoms in total. The number of thiazole rings is 1. The van der Waals surface area contributed by atoms with E-state index in [0.29, 0.717) is 36.0 Å². The normalized spacial score (nSPS) is 17.2. The highest BCUT2D eigenvalue weighted by molar-refractivity contribution is 7.87. The van der Waals surface area contributed by atoms with Gasteiger partial charge in [0.1, 0.15) is 17.2 Å². The number of imidazole rings is 1. The molecule has 4 aromatic rings. The molecule has 33 heavy (non-hydrogen) atoms. The van der Waals surface area contributed by atoms with E-state index in [-0.39, 0.29) is 0 Å². The summed E-state index contributed by atoms with van der Waals surface area (Å²) in [6, 6.07) is 5.95. The van der Waals surface area contributed by atoms with E-state index < -0.39 is 23.1 Å². The number of likely N-dealkylation sites (N-methyl/N-ethyl adjacent to an activating group) is 1. The lowest BCUT2D eigenvalue weighted by Crippen LogP contribution is -2.35. The molecule has 0 spiro atoms. The van der Waals surface area contributed by atoms with Gasteiger partial charge in [-0.05, 0) is 31.2 Å². The molecule has 0 saturated carbocycles. The molecule has 172 valence electrons. The zero-order valence-corrected chi connectivity index (χ0v) is 19.4. The number of halogens is 1. The van der Waals surface area contributed by atoms with Crippen LogP contribution in [0.5, 0.6) is 5.75 Å². The summed E-state index contributed by atoms with van der Waals surface area (Å²) in [5, 5.41) is 15.0. The number of nitrogens with one attached hydrogen (secondary N) is 1. The number of phenolic OH excluding ortho intramolecular Hbond substituents is 1. The van der Waals surface area contributed by atoms with Gasteiger partial charge in [-0.1, -0.05) is 0 Å². The maximum atomic E-state index is 13.6. The average molecular weight is 488 g/mol. The lowest BCUT2D eigenvalue weighted by molar-refractivity contribution is 0.432. The Morgan fingerprint density at radius 3 is 2.88 bits per heavy atom. The fraction of sp³-hybridized carbons (Fsp3) is 0.286. The van der Waals surface area contributed by atoms with E-state index in [9.17, 15) is 14.0 Å². The largest absolute Gasteiger partial charge is 0.578 e. The summed E-state index contributed by atoms with van der Waals surface area (Å²) in [5.41, 5.74) is 2.54. The molecule has 12 heteroatoms. The van der Waals surface area contributed by atoms with Gasteiger partial charge < -0.3 is 15.0 Å². The molecule has 1 unspecified atom stereocenters. The van der Waals surface area contributed by atoms with Crippen molar-refractivity contribution in [2.75, 3.05) is 38.0 Å². The van der Waals surface area contributed by atoms with Crippen LogP contribution in [0, 0.1) is 5.82 Å². The predicted molar refractivity (Wildman–Crippen MR) is 127 cm³/mol. The maximum Gasteiger partial charge on any atom is 0.223 e. The Kier molecular flexibility index (Phi) is 6.17. The summed E-state index contributed by atoms with van der Waals surface area (Å²) in [6.45, 7) is 5.49. The molecule has 5 rings (SSSR count). The van der Waals surface area contributed by atoms with Crippen molar-refractivity contribution in [1.29, 1.82) is 0 Å². The van der Waals surface area contributed by atoms with Crippen LogP contribution < -0.4 is 5.32 Å². The van der Waals surface area contributed by atoms with Crippen molar-refractivity contribution >= 4 is 33.8 Å². The summed E-state index contributed by atoms with van der Waals surface area (Å²) in [7, 11) is 0. The molecule has 1 atom stereocenters. The number of anilines is 1. The van der Waals surface area contributed by atoms with Crippen molar-refractivity contribution in [3.8, 4) is 28.4 Å². The van der Waals surface area contributed by atoms with Gasteiger partial charge in [-0.25, -0.2) is 19.3 Å². The van der Waals surface area contributed by atoms with E-state index in [4.69, 9.17) is 0 Å². The molecule has 0 aliphatic carbocycles. The highest BCUT2D eigenvalue weighted by atomic mass is 32.2. The highest BCUT2D eigenvalue weighted by Gasteiger charge is 2.34. The molecule has 1 saturated heterocycles. The summed E-state index contributed by atoms with van der Waals surface area (Å²) in [5.74, 6) is -0.667. The third-order valence-corrected chi connectivity index (χ3v) is 7.86. The van der Waals surface area contributed by atoms with E-state index in [2.05, 4.69) is 20.3 Å². The lowest BCUT2D eigenvalue weighted by Gasteiger charge is -2.19. The van der Waals surface area contributed by atoms with E-state index >= 15 is 0 Å². The molecule has 2 N–H and O–H groups in total. The molecule has 0 bridgehead atoms. The van der Waals surface area contributed by atoms with Gasteiger partial charge in [0, 0.05) is 36.4 Å². The summed E-state index contributed by atoms with van der Waals surface area (Å²) in [4.78, 5) is 14.4. The zero-order valence-electron chi connectivity index (χ0n) is 17.8. The Bertz CT molecular complexity index is 1280. The number of benzene rings is 1. The van der Waals surface area contributed by atoms with Gasteiger partial charge in [0.25, 0.3) is 0 Å². The molecule has 4 heterocycles. The summed E-state index contributed by atoms with van der Waals surface area (Å²) in [6.07, 6.45) is 3.56. The second-order valence-corrected chi connectivity index (χ2v) is 9.77.